The lowest BCUT2D eigenvalue weighted by Gasteiger charge is -2.08. The lowest BCUT2D eigenvalue weighted by atomic mass is 10.1. The fraction of sp³-hybridized carbons (Fsp3) is 0.158. The first-order chi connectivity index (χ1) is 12.1. The Morgan fingerprint density at radius 2 is 1.84 bits per heavy atom. The predicted molar refractivity (Wildman–Crippen MR) is 99.7 cm³/mol. The summed E-state index contributed by atoms with van der Waals surface area (Å²) in [5.74, 6) is -0.323. The number of esters is 1. The molecule has 1 aromatic heterocycles. The summed E-state index contributed by atoms with van der Waals surface area (Å²) in [7, 11) is 1.88. The molecule has 3 aromatic rings. The molecule has 0 saturated heterocycles. The van der Waals surface area contributed by atoms with Gasteiger partial charge in [0.05, 0.1) is 5.02 Å². The van der Waals surface area contributed by atoms with Gasteiger partial charge in [-0.3, -0.25) is 9.48 Å². The van der Waals surface area contributed by atoms with E-state index in [-0.39, 0.29) is 12.6 Å². The molecule has 0 atom stereocenters. The van der Waals surface area contributed by atoms with E-state index >= 15 is 0 Å². The van der Waals surface area contributed by atoms with Crippen LogP contribution in [0.4, 0.5) is 0 Å². The molecule has 0 spiro atoms. The van der Waals surface area contributed by atoms with E-state index in [2.05, 4.69) is 5.10 Å². The van der Waals surface area contributed by atoms with Gasteiger partial charge >= 0.3 is 5.97 Å². The zero-order valence-electron chi connectivity index (χ0n) is 13.9. The molecule has 4 nitrogen and oxygen atoms in total. The van der Waals surface area contributed by atoms with Crippen molar-refractivity contribution >= 4 is 29.3 Å². The van der Waals surface area contributed by atoms with Crippen LogP contribution in [0.2, 0.25) is 5.02 Å². The van der Waals surface area contributed by atoms with Crippen molar-refractivity contribution in [3.63, 3.8) is 0 Å². The third kappa shape index (κ3) is 4.06. The smallest absolute Gasteiger partial charge is 0.302 e. The third-order valence-electron chi connectivity index (χ3n) is 3.60. The van der Waals surface area contributed by atoms with Crippen molar-refractivity contribution in [2.24, 2.45) is 7.05 Å². The number of aryl methyl sites for hydroxylation is 1. The number of hydrogen-bond donors (Lipinski definition) is 0. The van der Waals surface area contributed by atoms with Gasteiger partial charge in [0.25, 0.3) is 0 Å². The Hall–Kier alpha value is -2.24. The maximum atomic E-state index is 11.3. The van der Waals surface area contributed by atoms with Gasteiger partial charge in [-0.15, -0.1) is 0 Å². The Bertz CT molecular complexity index is 894. The minimum atomic E-state index is -0.323. The van der Waals surface area contributed by atoms with Crippen LogP contribution in [0.25, 0.3) is 11.3 Å². The van der Waals surface area contributed by atoms with Crippen LogP contribution < -0.4 is 0 Å². The maximum absolute atomic E-state index is 11.3. The number of carbonyl (C=O) groups is 1. The minimum Gasteiger partial charge on any atom is -0.461 e. The van der Waals surface area contributed by atoms with Crippen molar-refractivity contribution in [3.8, 4) is 11.3 Å². The topological polar surface area (TPSA) is 44.1 Å². The summed E-state index contributed by atoms with van der Waals surface area (Å²) >= 11 is 7.81. The van der Waals surface area contributed by atoms with Gasteiger partial charge in [0.1, 0.15) is 17.3 Å². The van der Waals surface area contributed by atoms with E-state index in [1.165, 1.54) is 18.7 Å². The van der Waals surface area contributed by atoms with Crippen molar-refractivity contribution in [3.05, 3.63) is 65.2 Å². The first kappa shape index (κ1) is 17.6. The maximum Gasteiger partial charge on any atom is 0.302 e. The van der Waals surface area contributed by atoms with E-state index < -0.39 is 0 Å². The molecular formula is C19H17ClN2O2S. The molecule has 0 amide bonds. The first-order valence-electron chi connectivity index (χ1n) is 7.73. The fourth-order valence-corrected chi connectivity index (χ4v) is 3.67. The van der Waals surface area contributed by atoms with Crippen LogP contribution in [0.3, 0.4) is 0 Å². The van der Waals surface area contributed by atoms with Crippen LogP contribution in [0.1, 0.15) is 12.5 Å². The summed E-state index contributed by atoms with van der Waals surface area (Å²) in [4.78, 5) is 12.2. The Morgan fingerprint density at radius 1 is 1.16 bits per heavy atom. The second kappa shape index (κ2) is 7.76. The average molecular weight is 373 g/mol. The predicted octanol–water partition coefficient (Wildman–Crippen LogP) is 4.95. The van der Waals surface area contributed by atoms with Crippen molar-refractivity contribution in [1.82, 2.24) is 9.78 Å². The number of carbonyl (C=O) groups excluding carboxylic acids is 1. The molecule has 0 radical (unpaired) electrons. The largest absolute Gasteiger partial charge is 0.461 e. The Labute approximate surface area is 155 Å². The lowest BCUT2D eigenvalue weighted by molar-refractivity contribution is -0.142. The third-order valence-corrected chi connectivity index (χ3v) is 5.32. The van der Waals surface area contributed by atoms with Gasteiger partial charge in [0.15, 0.2) is 0 Å². The molecule has 0 aliphatic heterocycles. The number of ether oxygens (including phenoxy) is 1. The normalized spacial score (nSPS) is 10.7. The monoisotopic (exact) mass is 372 g/mol. The molecule has 0 bridgehead atoms. The van der Waals surface area contributed by atoms with Crippen LogP contribution in [0.15, 0.2) is 64.5 Å². The highest BCUT2D eigenvalue weighted by atomic mass is 35.5. The number of aromatic nitrogens is 2. The zero-order valence-corrected chi connectivity index (χ0v) is 15.5. The number of benzene rings is 2. The van der Waals surface area contributed by atoms with Crippen molar-refractivity contribution < 1.29 is 9.53 Å². The molecule has 0 aliphatic rings. The highest BCUT2D eigenvalue weighted by molar-refractivity contribution is 7.99. The van der Waals surface area contributed by atoms with Crippen LogP contribution in [-0.2, 0) is 23.2 Å². The number of nitrogens with zero attached hydrogens (tertiary/aromatic N) is 2. The van der Waals surface area contributed by atoms with Crippen LogP contribution in [0, 0.1) is 0 Å². The van der Waals surface area contributed by atoms with Gasteiger partial charge < -0.3 is 4.74 Å². The van der Waals surface area contributed by atoms with E-state index in [0.29, 0.717) is 5.02 Å². The quantitative estimate of drug-likeness (QED) is 0.594. The van der Waals surface area contributed by atoms with Crippen LogP contribution >= 0.6 is 23.4 Å². The summed E-state index contributed by atoms with van der Waals surface area (Å²) < 4.78 is 7.07. The molecule has 6 heteroatoms. The Balaban J connectivity index is 2.06. The molecule has 1 heterocycles. The summed E-state index contributed by atoms with van der Waals surface area (Å²) in [6.07, 6.45) is 0. The van der Waals surface area contributed by atoms with Crippen molar-refractivity contribution in [1.29, 1.82) is 0 Å². The van der Waals surface area contributed by atoms with Crippen LogP contribution in [0.5, 0.6) is 0 Å². The van der Waals surface area contributed by atoms with E-state index in [9.17, 15) is 4.79 Å². The molecule has 0 fully saturated rings. The fourth-order valence-electron chi connectivity index (χ4n) is 2.44. The van der Waals surface area contributed by atoms with Gasteiger partial charge in [-0.25, -0.2) is 0 Å². The van der Waals surface area contributed by atoms with Gasteiger partial charge in [-0.1, -0.05) is 65.8 Å². The Kier molecular flexibility index (Phi) is 5.46. The first-order valence-corrected chi connectivity index (χ1v) is 8.92. The number of halogens is 1. The molecule has 3 rings (SSSR count). The van der Waals surface area contributed by atoms with Crippen molar-refractivity contribution in [2.75, 3.05) is 0 Å². The van der Waals surface area contributed by atoms with Gasteiger partial charge in [-0.2, -0.15) is 5.10 Å². The zero-order chi connectivity index (χ0) is 17.8. The second-order valence-corrected chi connectivity index (χ2v) is 6.87. The van der Waals surface area contributed by atoms with E-state index in [1.54, 1.807) is 4.68 Å². The van der Waals surface area contributed by atoms with E-state index in [0.717, 1.165) is 26.7 Å². The summed E-state index contributed by atoms with van der Waals surface area (Å²) in [6.45, 7) is 1.57. The molecular weight excluding hydrogens is 356 g/mol. The van der Waals surface area contributed by atoms with E-state index in [4.69, 9.17) is 16.3 Å². The highest BCUT2D eigenvalue weighted by Gasteiger charge is 2.20. The summed E-state index contributed by atoms with van der Waals surface area (Å²) in [5, 5.41) is 6.22. The highest BCUT2D eigenvalue weighted by Crippen LogP contribution is 2.38. The lowest BCUT2D eigenvalue weighted by Crippen LogP contribution is -2.01. The standard InChI is InChI=1S/C19H17ClN2O2S/c1-13(23)24-12-15-18(14-8-4-3-5-9-14)21-22(2)19(15)25-17-11-7-6-10-16(17)20/h3-11H,12H2,1-2H3. The number of rotatable bonds is 5. The SMILES string of the molecule is CC(=O)OCc1c(-c2ccccc2)nn(C)c1Sc1ccccc1Cl. The van der Waals surface area contributed by atoms with Gasteiger partial charge in [0.2, 0.25) is 0 Å². The minimum absolute atomic E-state index is 0.167. The van der Waals surface area contributed by atoms with Crippen molar-refractivity contribution in [2.45, 2.75) is 23.5 Å². The molecule has 0 saturated carbocycles. The second-order valence-electron chi connectivity index (χ2n) is 5.43. The molecule has 128 valence electrons. The van der Waals surface area contributed by atoms with Crippen LogP contribution in [-0.4, -0.2) is 15.7 Å². The van der Waals surface area contributed by atoms with Gasteiger partial charge in [-0.05, 0) is 12.1 Å². The molecule has 25 heavy (non-hydrogen) atoms. The van der Waals surface area contributed by atoms with Gasteiger partial charge in [0, 0.05) is 30.0 Å². The Morgan fingerprint density at radius 3 is 2.52 bits per heavy atom. The number of hydrogen-bond acceptors (Lipinski definition) is 4. The molecule has 0 N–H and O–H groups in total. The molecule has 0 aliphatic carbocycles. The average Bonchev–Trinajstić information content (AvgIpc) is 2.92. The summed E-state index contributed by atoms with van der Waals surface area (Å²) in [5.41, 5.74) is 2.65. The van der Waals surface area contributed by atoms with E-state index in [1.807, 2.05) is 61.6 Å². The molecule has 2 aromatic carbocycles. The molecule has 0 unspecified atom stereocenters. The summed E-state index contributed by atoms with van der Waals surface area (Å²) in [6, 6.07) is 17.5.